The van der Waals surface area contributed by atoms with Crippen molar-refractivity contribution in [2.24, 2.45) is 39.9 Å². The molecular weight excluding hydrogens is 562 g/mol. The van der Waals surface area contributed by atoms with Gasteiger partial charge in [0.2, 0.25) is 11.8 Å². The summed E-state index contributed by atoms with van der Waals surface area (Å²) < 4.78 is 17.9. The van der Waals surface area contributed by atoms with Gasteiger partial charge in [-0.15, -0.1) is 0 Å². The molecule has 0 radical (unpaired) electrons. The SMILES string of the molecule is CC(=O)O[C@@H]1C2=C(C)C(=O)C[C@@](O)([C@@H](OC(C)=O)[C@@H]3[C@]4(CO)C=C[C@@H]([C@H]5C(=O)N(C)C(=O)[C@H]54)[C@@]3(C)[C@H]1OC(C)=O)C2(C)C. The Morgan fingerprint density at radius 1 is 0.953 bits per heavy atom. The highest BCUT2D eigenvalue weighted by atomic mass is 16.6. The highest BCUT2D eigenvalue weighted by Gasteiger charge is 2.80. The fraction of sp³-hybridized carbons (Fsp3) is 0.677. The second kappa shape index (κ2) is 9.56. The number of allylic oxidation sites excluding steroid dienone is 2. The summed E-state index contributed by atoms with van der Waals surface area (Å²) in [5.41, 5.74) is -6.31. The average Bonchev–Trinajstić information content (AvgIpc) is 3.13. The third kappa shape index (κ3) is 3.74. The van der Waals surface area contributed by atoms with E-state index >= 15 is 0 Å². The van der Waals surface area contributed by atoms with Gasteiger partial charge >= 0.3 is 17.9 Å². The van der Waals surface area contributed by atoms with E-state index in [1.807, 2.05) is 0 Å². The zero-order chi connectivity index (χ0) is 32.2. The van der Waals surface area contributed by atoms with Crippen LogP contribution in [0.2, 0.25) is 0 Å². The molecule has 0 aromatic carbocycles. The van der Waals surface area contributed by atoms with E-state index in [0.717, 1.165) is 18.7 Å². The maximum absolute atomic E-state index is 13.7. The lowest BCUT2D eigenvalue weighted by Gasteiger charge is -2.69. The minimum Gasteiger partial charge on any atom is -0.459 e. The molecule has 2 amide bonds. The van der Waals surface area contributed by atoms with Gasteiger partial charge in [-0.3, -0.25) is 33.7 Å². The monoisotopic (exact) mass is 601 g/mol. The molecule has 0 aromatic heterocycles. The number of carbonyl (C=O) groups is 6. The number of hydrogen-bond acceptors (Lipinski definition) is 11. The van der Waals surface area contributed by atoms with Gasteiger partial charge in [0.25, 0.3) is 0 Å². The Labute approximate surface area is 249 Å². The number of fused-ring (bicyclic) bond motifs is 2. The van der Waals surface area contributed by atoms with E-state index in [4.69, 9.17) is 14.2 Å². The Hall–Kier alpha value is -3.38. The van der Waals surface area contributed by atoms with Crippen LogP contribution in [0.3, 0.4) is 0 Å². The first-order chi connectivity index (χ1) is 19.8. The molecule has 1 saturated heterocycles. The number of likely N-dealkylation sites (tertiary alicyclic amines) is 1. The van der Waals surface area contributed by atoms with E-state index in [1.165, 1.54) is 20.9 Å². The summed E-state index contributed by atoms with van der Waals surface area (Å²) in [6.07, 6.45) is -1.51. The topological polar surface area (TPSA) is 174 Å². The third-order valence-electron chi connectivity index (χ3n) is 11.2. The van der Waals surface area contributed by atoms with Gasteiger partial charge in [0, 0.05) is 56.4 Å². The molecule has 12 heteroatoms. The van der Waals surface area contributed by atoms with Gasteiger partial charge < -0.3 is 24.4 Å². The van der Waals surface area contributed by atoms with Crippen LogP contribution < -0.4 is 0 Å². The smallest absolute Gasteiger partial charge is 0.303 e. The van der Waals surface area contributed by atoms with Crippen molar-refractivity contribution >= 4 is 35.5 Å². The number of esters is 3. The number of ether oxygens (including phenoxy) is 3. The molecule has 6 rings (SSSR count). The second-order valence-corrected chi connectivity index (χ2v) is 13.5. The van der Waals surface area contributed by atoms with Crippen LogP contribution in [0, 0.1) is 39.9 Å². The lowest BCUT2D eigenvalue weighted by atomic mass is 9.36. The molecule has 0 unspecified atom stereocenters. The number of amides is 2. The molecule has 234 valence electrons. The van der Waals surface area contributed by atoms with E-state index in [1.54, 1.807) is 32.9 Å². The van der Waals surface area contributed by atoms with E-state index in [-0.39, 0.29) is 11.1 Å². The number of imide groups is 1. The number of ketones is 1. The number of carbonyl (C=O) groups excluding carboxylic acids is 6. The molecule has 0 spiro atoms. The summed E-state index contributed by atoms with van der Waals surface area (Å²) >= 11 is 0. The van der Waals surface area contributed by atoms with Gasteiger partial charge in [-0.2, -0.15) is 0 Å². The molecule has 6 aliphatic rings. The number of aliphatic hydroxyl groups is 2. The van der Waals surface area contributed by atoms with Gasteiger partial charge in [-0.25, -0.2) is 0 Å². The number of rotatable bonds is 4. The Morgan fingerprint density at radius 2 is 1.51 bits per heavy atom. The maximum atomic E-state index is 13.7. The standard InChI is InChI=1S/C31H39NO11/c1-13-18(37)11-31(40)25(43-16(4)36)23-29(7,24(42-15(3)35)22(41-14(2)34)20(13)28(31,5)6)17-9-10-30(23,12-33)21-19(17)26(38)32(8)27(21)39/h9-10,17,19,21-25,33,40H,11-12H2,1-8H3/t17-,19+,21-,22+,23-,24-,25-,29+,30-,31+/m0/s1. The highest BCUT2D eigenvalue weighted by Crippen LogP contribution is 2.72. The van der Waals surface area contributed by atoms with Crippen molar-refractivity contribution in [3.8, 4) is 0 Å². The molecule has 4 bridgehead atoms. The van der Waals surface area contributed by atoms with Gasteiger partial charge in [0.05, 0.1) is 18.4 Å². The van der Waals surface area contributed by atoms with Crippen LogP contribution in [0.25, 0.3) is 0 Å². The van der Waals surface area contributed by atoms with Crippen LogP contribution >= 0.6 is 0 Å². The number of Topliss-reactive ketones (excluding diaryl/α,β-unsaturated/α-hetero) is 1. The summed E-state index contributed by atoms with van der Waals surface area (Å²) in [6, 6.07) is 0. The molecule has 43 heavy (non-hydrogen) atoms. The van der Waals surface area contributed by atoms with Gasteiger partial charge in [0.1, 0.15) is 17.8 Å². The van der Waals surface area contributed by atoms with E-state index in [9.17, 15) is 39.0 Å². The predicted molar refractivity (Wildman–Crippen MR) is 146 cm³/mol. The van der Waals surface area contributed by atoms with E-state index in [2.05, 4.69) is 0 Å². The second-order valence-electron chi connectivity index (χ2n) is 13.5. The first kappa shape index (κ1) is 31.1. The molecule has 10 atom stereocenters. The fourth-order valence-electron chi connectivity index (χ4n) is 9.41. The Morgan fingerprint density at radius 3 is 2.05 bits per heavy atom. The molecule has 5 aliphatic carbocycles. The van der Waals surface area contributed by atoms with Crippen LogP contribution in [0.1, 0.15) is 54.9 Å². The fourth-order valence-corrected chi connectivity index (χ4v) is 9.41. The van der Waals surface area contributed by atoms with Crippen molar-refractivity contribution in [1.29, 1.82) is 0 Å². The first-order valence-electron chi connectivity index (χ1n) is 14.4. The molecule has 12 nitrogen and oxygen atoms in total. The Bertz CT molecular complexity index is 1410. The van der Waals surface area contributed by atoms with Crippen molar-refractivity contribution in [1.82, 2.24) is 4.90 Å². The highest BCUT2D eigenvalue weighted by molar-refractivity contribution is 6.06. The molecule has 1 aliphatic heterocycles. The minimum atomic E-state index is -2.14. The average molecular weight is 602 g/mol. The predicted octanol–water partition coefficient (Wildman–Crippen LogP) is 0.874. The van der Waals surface area contributed by atoms with Crippen LogP contribution in [0.15, 0.2) is 23.3 Å². The van der Waals surface area contributed by atoms with E-state index in [0.29, 0.717) is 0 Å². The molecule has 0 aromatic rings. The maximum Gasteiger partial charge on any atom is 0.303 e. The summed E-state index contributed by atoms with van der Waals surface area (Å²) in [5, 5.41) is 24.1. The van der Waals surface area contributed by atoms with Gasteiger partial charge in [-0.05, 0) is 24.0 Å². The van der Waals surface area contributed by atoms with Crippen molar-refractivity contribution in [3.63, 3.8) is 0 Å². The first-order valence-corrected chi connectivity index (χ1v) is 14.4. The van der Waals surface area contributed by atoms with Crippen LogP contribution in [-0.4, -0.2) is 88.2 Å². The zero-order valence-corrected chi connectivity index (χ0v) is 25.6. The Kier molecular flexibility index (Phi) is 6.90. The molecule has 1 heterocycles. The van der Waals surface area contributed by atoms with Crippen molar-refractivity contribution < 1.29 is 53.2 Å². The van der Waals surface area contributed by atoms with Crippen LogP contribution in [0.5, 0.6) is 0 Å². The van der Waals surface area contributed by atoms with Crippen LogP contribution in [0.4, 0.5) is 0 Å². The summed E-state index contributed by atoms with van der Waals surface area (Å²) in [7, 11) is 1.35. The molecule has 2 saturated carbocycles. The number of nitrogens with zero attached hydrogens (tertiary/aromatic N) is 1. The van der Waals surface area contributed by atoms with Crippen molar-refractivity contribution in [2.75, 3.05) is 13.7 Å². The molecule has 2 N–H and O–H groups in total. The summed E-state index contributed by atoms with van der Waals surface area (Å²) in [5.74, 6) is -8.02. The van der Waals surface area contributed by atoms with Crippen molar-refractivity contribution in [2.45, 2.75) is 78.8 Å². The normalized spacial score (nSPS) is 42.6. The van der Waals surface area contributed by atoms with Gasteiger partial charge in [0.15, 0.2) is 11.9 Å². The number of aliphatic hydroxyl groups excluding tert-OH is 1. The molecule has 3 fully saturated rings. The summed E-state index contributed by atoms with van der Waals surface area (Å²) in [4.78, 5) is 80.4. The van der Waals surface area contributed by atoms with Crippen molar-refractivity contribution in [3.05, 3.63) is 23.3 Å². The quantitative estimate of drug-likeness (QED) is 0.203. The summed E-state index contributed by atoms with van der Waals surface area (Å²) in [6.45, 7) is 9.24. The van der Waals surface area contributed by atoms with E-state index < -0.39 is 112 Å². The lowest BCUT2D eigenvalue weighted by molar-refractivity contribution is -0.279. The lowest BCUT2D eigenvalue weighted by Crippen LogP contribution is -2.77. The van der Waals surface area contributed by atoms with Crippen LogP contribution in [-0.2, 0) is 43.0 Å². The number of hydrogen-bond donors (Lipinski definition) is 2. The third-order valence-corrected chi connectivity index (χ3v) is 11.2. The zero-order valence-electron chi connectivity index (χ0n) is 25.6. The van der Waals surface area contributed by atoms with Gasteiger partial charge in [-0.1, -0.05) is 32.9 Å². The molecular formula is C31H39NO11. The Balaban J connectivity index is 1.97. The minimum absolute atomic E-state index is 0.190. The largest absolute Gasteiger partial charge is 0.459 e.